The number of rotatable bonds is 5. The molecular formula is C21H23NO5. The van der Waals surface area contributed by atoms with Crippen LogP contribution in [0.5, 0.6) is 17.2 Å². The van der Waals surface area contributed by atoms with Gasteiger partial charge in [-0.25, -0.2) is 0 Å². The molecule has 0 saturated heterocycles. The van der Waals surface area contributed by atoms with Crippen molar-refractivity contribution in [1.29, 1.82) is 0 Å². The zero-order valence-electron chi connectivity index (χ0n) is 15.9. The van der Waals surface area contributed by atoms with Gasteiger partial charge in [0.15, 0.2) is 17.3 Å². The van der Waals surface area contributed by atoms with E-state index < -0.39 is 5.60 Å². The summed E-state index contributed by atoms with van der Waals surface area (Å²) in [6.45, 7) is 3.76. The van der Waals surface area contributed by atoms with E-state index in [0.29, 0.717) is 34.9 Å². The van der Waals surface area contributed by atoms with Crippen LogP contribution in [0.1, 0.15) is 36.2 Å². The van der Waals surface area contributed by atoms with Crippen LogP contribution in [0.3, 0.4) is 0 Å². The lowest BCUT2D eigenvalue weighted by Crippen LogP contribution is -2.35. The smallest absolute Gasteiger partial charge is 0.228 e. The fourth-order valence-electron chi connectivity index (χ4n) is 3.11. The van der Waals surface area contributed by atoms with Gasteiger partial charge < -0.3 is 19.5 Å². The molecule has 0 aliphatic carbocycles. The molecule has 1 N–H and O–H groups in total. The predicted octanol–water partition coefficient (Wildman–Crippen LogP) is 3.63. The van der Waals surface area contributed by atoms with Gasteiger partial charge in [0.05, 0.1) is 32.6 Å². The van der Waals surface area contributed by atoms with Crippen LogP contribution >= 0.6 is 0 Å². The molecule has 2 aromatic rings. The summed E-state index contributed by atoms with van der Waals surface area (Å²) in [6, 6.07) is 10.5. The molecule has 0 aromatic heterocycles. The second kappa shape index (κ2) is 7.31. The number of hydrogen-bond donors (Lipinski definition) is 1. The fraction of sp³-hybridized carbons (Fsp3) is 0.333. The molecule has 1 aliphatic heterocycles. The number of anilines is 1. The van der Waals surface area contributed by atoms with Gasteiger partial charge in [0.1, 0.15) is 11.4 Å². The highest BCUT2D eigenvalue weighted by Crippen LogP contribution is 2.34. The van der Waals surface area contributed by atoms with Crippen molar-refractivity contribution in [3.05, 3.63) is 47.5 Å². The lowest BCUT2D eigenvalue weighted by molar-refractivity contribution is -0.115. The molecule has 0 unspecified atom stereocenters. The highest BCUT2D eigenvalue weighted by Gasteiger charge is 2.32. The summed E-state index contributed by atoms with van der Waals surface area (Å²) in [6.07, 6.45) is 0.484. The SMILES string of the molecule is COc1ccc(CC(=O)Nc2ccc3c(c2)C(=O)CC(C)(C)O3)cc1OC. The van der Waals surface area contributed by atoms with Crippen molar-refractivity contribution >= 4 is 17.4 Å². The standard InChI is InChI=1S/C21H23NO5/c1-21(2)12-16(23)15-11-14(6-8-17(15)27-21)22-20(24)10-13-5-7-18(25-3)19(9-13)26-4/h5-9,11H,10,12H2,1-4H3,(H,22,24). The quantitative estimate of drug-likeness (QED) is 0.871. The second-order valence-corrected chi connectivity index (χ2v) is 7.09. The molecule has 0 spiro atoms. The second-order valence-electron chi connectivity index (χ2n) is 7.09. The zero-order chi connectivity index (χ0) is 19.6. The third-order valence-electron chi connectivity index (χ3n) is 4.35. The van der Waals surface area contributed by atoms with Crippen molar-refractivity contribution in [3.8, 4) is 17.2 Å². The Morgan fingerprint density at radius 2 is 1.85 bits per heavy atom. The summed E-state index contributed by atoms with van der Waals surface area (Å²) in [5.74, 6) is 1.55. The van der Waals surface area contributed by atoms with Gasteiger partial charge >= 0.3 is 0 Å². The number of benzene rings is 2. The molecule has 0 saturated carbocycles. The summed E-state index contributed by atoms with van der Waals surface area (Å²) >= 11 is 0. The maximum Gasteiger partial charge on any atom is 0.228 e. The van der Waals surface area contributed by atoms with E-state index in [4.69, 9.17) is 14.2 Å². The van der Waals surface area contributed by atoms with Crippen molar-refractivity contribution in [2.75, 3.05) is 19.5 Å². The Labute approximate surface area is 158 Å². The van der Waals surface area contributed by atoms with Crippen LogP contribution in [0, 0.1) is 0 Å². The first-order valence-corrected chi connectivity index (χ1v) is 8.68. The van der Waals surface area contributed by atoms with Crippen LogP contribution in [-0.2, 0) is 11.2 Å². The summed E-state index contributed by atoms with van der Waals surface area (Å²) in [5, 5.41) is 2.83. The van der Waals surface area contributed by atoms with E-state index in [1.807, 2.05) is 19.9 Å². The fourth-order valence-corrected chi connectivity index (χ4v) is 3.11. The van der Waals surface area contributed by atoms with Crippen LogP contribution in [0.2, 0.25) is 0 Å². The number of carbonyl (C=O) groups is 2. The molecule has 0 bridgehead atoms. The molecule has 0 fully saturated rings. The van der Waals surface area contributed by atoms with E-state index in [1.54, 1.807) is 44.6 Å². The number of fused-ring (bicyclic) bond motifs is 1. The minimum atomic E-state index is -0.512. The molecule has 3 rings (SSSR count). The Hall–Kier alpha value is -3.02. The van der Waals surface area contributed by atoms with E-state index in [9.17, 15) is 9.59 Å². The van der Waals surface area contributed by atoms with E-state index >= 15 is 0 Å². The molecule has 0 atom stereocenters. The highest BCUT2D eigenvalue weighted by molar-refractivity contribution is 6.02. The van der Waals surface area contributed by atoms with E-state index in [0.717, 1.165) is 5.56 Å². The van der Waals surface area contributed by atoms with Gasteiger partial charge in [0, 0.05) is 5.69 Å². The van der Waals surface area contributed by atoms with Crippen molar-refractivity contribution in [2.24, 2.45) is 0 Å². The Kier molecular flexibility index (Phi) is 5.08. The highest BCUT2D eigenvalue weighted by atomic mass is 16.5. The Bertz CT molecular complexity index is 888. The predicted molar refractivity (Wildman–Crippen MR) is 102 cm³/mol. The summed E-state index contributed by atoms with van der Waals surface area (Å²) in [4.78, 5) is 24.7. The summed E-state index contributed by atoms with van der Waals surface area (Å²) < 4.78 is 16.3. The number of carbonyl (C=O) groups excluding carboxylic acids is 2. The van der Waals surface area contributed by atoms with Crippen LogP contribution < -0.4 is 19.5 Å². The summed E-state index contributed by atoms with van der Waals surface area (Å²) in [7, 11) is 3.11. The Balaban J connectivity index is 1.72. The number of methoxy groups -OCH3 is 2. The van der Waals surface area contributed by atoms with Gasteiger partial charge in [-0.2, -0.15) is 0 Å². The Morgan fingerprint density at radius 3 is 2.56 bits per heavy atom. The minimum absolute atomic E-state index is 0.0113. The first kappa shape index (κ1) is 18.8. The van der Waals surface area contributed by atoms with Crippen LogP contribution in [0.25, 0.3) is 0 Å². The van der Waals surface area contributed by atoms with E-state index in [2.05, 4.69) is 5.32 Å². The molecule has 1 heterocycles. The number of amides is 1. The van der Waals surface area contributed by atoms with Crippen molar-refractivity contribution in [2.45, 2.75) is 32.3 Å². The van der Waals surface area contributed by atoms with Gasteiger partial charge in [0.25, 0.3) is 0 Å². The molecule has 2 aromatic carbocycles. The van der Waals surface area contributed by atoms with Gasteiger partial charge in [-0.05, 0) is 49.7 Å². The lowest BCUT2D eigenvalue weighted by atomic mass is 9.93. The number of hydrogen-bond acceptors (Lipinski definition) is 5. The van der Waals surface area contributed by atoms with Gasteiger partial charge in [-0.15, -0.1) is 0 Å². The molecule has 1 amide bonds. The average molecular weight is 369 g/mol. The van der Waals surface area contributed by atoms with E-state index in [-0.39, 0.29) is 18.1 Å². The van der Waals surface area contributed by atoms with Crippen LogP contribution in [-0.4, -0.2) is 31.5 Å². The number of nitrogens with one attached hydrogen (secondary N) is 1. The summed E-state index contributed by atoms with van der Waals surface area (Å²) in [5.41, 5.74) is 1.35. The number of ether oxygens (including phenoxy) is 3. The molecule has 142 valence electrons. The number of Topliss-reactive ketones (excluding diaryl/α,β-unsaturated/α-hetero) is 1. The first-order chi connectivity index (χ1) is 12.8. The normalized spacial score (nSPS) is 14.7. The largest absolute Gasteiger partial charge is 0.493 e. The molecule has 0 radical (unpaired) electrons. The first-order valence-electron chi connectivity index (χ1n) is 8.68. The van der Waals surface area contributed by atoms with Crippen LogP contribution in [0.15, 0.2) is 36.4 Å². The zero-order valence-corrected chi connectivity index (χ0v) is 15.9. The third kappa shape index (κ3) is 4.22. The molecule has 6 nitrogen and oxygen atoms in total. The van der Waals surface area contributed by atoms with Crippen molar-refractivity contribution < 1.29 is 23.8 Å². The number of ketones is 1. The monoisotopic (exact) mass is 369 g/mol. The van der Waals surface area contributed by atoms with Gasteiger partial charge in [0.2, 0.25) is 5.91 Å². The molecule has 6 heteroatoms. The van der Waals surface area contributed by atoms with E-state index in [1.165, 1.54) is 0 Å². The maximum absolute atomic E-state index is 12.4. The van der Waals surface area contributed by atoms with Gasteiger partial charge in [-0.3, -0.25) is 9.59 Å². The van der Waals surface area contributed by atoms with Gasteiger partial charge in [-0.1, -0.05) is 6.07 Å². The lowest BCUT2D eigenvalue weighted by Gasteiger charge is -2.31. The average Bonchev–Trinajstić information content (AvgIpc) is 2.61. The topological polar surface area (TPSA) is 73.9 Å². The van der Waals surface area contributed by atoms with Crippen molar-refractivity contribution in [3.63, 3.8) is 0 Å². The molecular weight excluding hydrogens is 346 g/mol. The Morgan fingerprint density at radius 1 is 1.11 bits per heavy atom. The maximum atomic E-state index is 12.4. The molecule has 27 heavy (non-hydrogen) atoms. The third-order valence-corrected chi connectivity index (χ3v) is 4.35. The molecule has 1 aliphatic rings. The van der Waals surface area contributed by atoms with Crippen molar-refractivity contribution in [1.82, 2.24) is 0 Å². The van der Waals surface area contributed by atoms with Crippen LogP contribution in [0.4, 0.5) is 5.69 Å². The minimum Gasteiger partial charge on any atom is -0.493 e.